The van der Waals surface area contributed by atoms with Gasteiger partial charge in [0.25, 0.3) is 0 Å². The zero-order chi connectivity index (χ0) is 13.4. The zero-order valence-corrected chi connectivity index (χ0v) is 9.84. The van der Waals surface area contributed by atoms with Crippen LogP contribution in [-0.2, 0) is 6.42 Å². The van der Waals surface area contributed by atoms with Gasteiger partial charge in [-0.25, -0.2) is 14.6 Å². The summed E-state index contributed by atoms with van der Waals surface area (Å²) in [5.41, 5.74) is 0.563. The van der Waals surface area contributed by atoms with Crippen LogP contribution in [0.5, 0.6) is 0 Å². The van der Waals surface area contributed by atoms with Crippen LogP contribution < -0.4 is 0 Å². The number of fused-ring (bicyclic) bond motifs is 1. The van der Waals surface area contributed by atoms with Gasteiger partial charge in [-0.1, -0.05) is 6.92 Å². The third-order valence-corrected chi connectivity index (χ3v) is 2.66. The van der Waals surface area contributed by atoms with Gasteiger partial charge in [0.05, 0.1) is 5.69 Å². The topological polar surface area (TPSA) is 105 Å². The van der Waals surface area contributed by atoms with Crippen LogP contribution in [0.4, 0.5) is 0 Å². The van der Waals surface area contributed by atoms with Crippen LogP contribution in [0.15, 0.2) is 6.20 Å². The van der Waals surface area contributed by atoms with Gasteiger partial charge in [0, 0.05) is 11.9 Å². The lowest BCUT2D eigenvalue weighted by Crippen LogP contribution is -2.11. The maximum atomic E-state index is 11.2. The normalized spacial score (nSPS) is 10.8. The van der Waals surface area contributed by atoms with Gasteiger partial charge >= 0.3 is 11.9 Å². The van der Waals surface area contributed by atoms with Gasteiger partial charge in [-0.2, -0.15) is 0 Å². The van der Waals surface area contributed by atoms with Crippen molar-refractivity contribution in [2.45, 2.75) is 20.3 Å². The van der Waals surface area contributed by atoms with Gasteiger partial charge in [-0.05, 0) is 13.3 Å². The lowest BCUT2D eigenvalue weighted by molar-refractivity contribution is 0.0643. The van der Waals surface area contributed by atoms with E-state index in [1.54, 1.807) is 6.92 Å². The van der Waals surface area contributed by atoms with E-state index in [-0.39, 0.29) is 11.3 Å². The quantitative estimate of drug-likeness (QED) is 0.840. The second-order valence-electron chi connectivity index (χ2n) is 3.77. The van der Waals surface area contributed by atoms with Crippen molar-refractivity contribution in [3.8, 4) is 0 Å². The first-order valence-electron chi connectivity index (χ1n) is 5.30. The Balaban J connectivity index is 2.98. The lowest BCUT2D eigenvalue weighted by atomic mass is 10.3. The van der Waals surface area contributed by atoms with Crippen LogP contribution in [0.2, 0.25) is 0 Å². The third-order valence-electron chi connectivity index (χ3n) is 2.66. The fourth-order valence-electron chi connectivity index (χ4n) is 1.83. The Kier molecular flexibility index (Phi) is 2.74. The average Bonchev–Trinajstić information content (AvgIpc) is 2.71. The van der Waals surface area contributed by atoms with Crippen LogP contribution in [0.1, 0.15) is 39.3 Å². The summed E-state index contributed by atoms with van der Waals surface area (Å²) >= 11 is 0. The highest BCUT2D eigenvalue weighted by Crippen LogP contribution is 2.18. The highest BCUT2D eigenvalue weighted by Gasteiger charge is 2.25. The van der Waals surface area contributed by atoms with E-state index < -0.39 is 17.6 Å². The minimum Gasteiger partial charge on any atom is -0.476 e. The Bertz CT molecular complexity index is 660. The van der Waals surface area contributed by atoms with Crippen molar-refractivity contribution in [2.24, 2.45) is 0 Å². The van der Waals surface area contributed by atoms with Gasteiger partial charge < -0.3 is 10.2 Å². The number of aryl methyl sites for hydroxylation is 2. The third kappa shape index (κ3) is 1.60. The fourth-order valence-corrected chi connectivity index (χ4v) is 1.83. The second kappa shape index (κ2) is 4.10. The number of hydrogen-bond donors (Lipinski definition) is 2. The molecule has 18 heavy (non-hydrogen) atoms. The summed E-state index contributed by atoms with van der Waals surface area (Å²) < 4.78 is 1.34. The Morgan fingerprint density at radius 3 is 2.50 bits per heavy atom. The molecule has 0 radical (unpaired) electrons. The van der Waals surface area contributed by atoms with Crippen molar-refractivity contribution in [2.75, 3.05) is 0 Å². The minimum absolute atomic E-state index is 0.268. The summed E-state index contributed by atoms with van der Waals surface area (Å²) in [6.45, 7) is 3.48. The molecule has 2 heterocycles. The highest BCUT2D eigenvalue weighted by molar-refractivity contribution is 6.00. The van der Waals surface area contributed by atoms with E-state index in [2.05, 4.69) is 9.97 Å². The molecular weight excluding hydrogens is 238 g/mol. The second-order valence-corrected chi connectivity index (χ2v) is 3.77. The Hall–Kier alpha value is -2.44. The number of hydrogen-bond acceptors (Lipinski definition) is 4. The molecule has 2 aromatic rings. The van der Waals surface area contributed by atoms with E-state index >= 15 is 0 Å². The number of carbonyl (C=O) groups is 2. The standard InChI is InChI=1S/C11H11N3O4/c1-3-6-4-12-5(2)9-13-7(10(15)16)8(11(17)18)14(6)9/h4H,3H2,1-2H3,(H,15,16)(H,17,18). The molecule has 0 aromatic carbocycles. The monoisotopic (exact) mass is 249 g/mol. The summed E-state index contributed by atoms with van der Waals surface area (Å²) in [4.78, 5) is 30.2. The maximum absolute atomic E-state index is 11.2. The lowest BCUT2D eigenvalue weighted by Gasteiger charge is -2.05. The van der Waals surface area contributed by atoms with Gasteiger partial charge in [-0.15, -0.1) is 0 Å². The van der Waals surface area contributed by atoms with Crippen LogP contribution in [0, 0.1) is 6.92 Å². The SMILES string of the molecule is CCc1cnc(C)c2nc(C(=O)O)c(C(=O)O)n12. The molecule has 7 heteroatoms. The van der Waals surface area contributed by atoms with Crippen molar-refractivity contribution in [1.82, 2.24) is 14.4 Å². The number of aromatic carboxylic acids is 2. The molecule has 0 bridgehead atoms. The Morgan fingerprint density at radius 2 is 2.00 bits per heavy atom. The molecule has 2 rings (SSSR count). The molecular formula is C11H11N3O4. The molecule has 0 fully saturated rings. The molecule has 0 aliphatic heterocycles. The average molecular weight is 249 g/mol. The molecule has 0 saturated heterocycles. The number of carboxylic acid groups (broad SMARTS) is 2. The van der Waals surface area contributed by atoms with Gasteiger partial charge in [-0.3, -0.25) is 9.38 Å². The summed E-state index contributed by atoms with van der Waals surface area (Å²) in [5.74, 6) is -2.68. The Morgan fingerprint density at radius 1 is 1.33 bits per heavy atom. The number of imidazole rings is 1. The predicted molar refractivity (Wildman–Crippen MR) is 61.0 cm³/mol. The van der Waals surface area contributed by atoms with Crippen molar-refractivity contribution in [1.29, 1.82) is 0 Å². The molecule has 0 saturated carbocycles. The maximum Gasteiger partial charge on any atom is 0.357 e. The van der Waals surface area contributed by atoms with Crippen molar-refractivity contribution >= 4 is 17.6 Å². The molecule has 2 aromatic heterocycles. The summed E-state index contributed by atoms with van der Waals surface area (Å²) in [7, 11) is 0. The molecule has 0 unspecified atom stereocenters. The van der Waals surface area contributed by atoms with Crippen molar-refractivity contribution in [3.05, 3.63) is 29.0 Å². The molecule has 94 valence electrons. The number of carboxylic acids is 2. The molecule has 0 aliphatic rings. The summed E-state index contributed by atoms with van der Waals surface area (Å²) in [6.07, 6.45) is 2.06. The van der Waals surface area contributed by atoms with Crippen LogP contribution in [0.25, 0.3) is 5.65 Å². The minimum atomic E-state index is -1.36. The molecule has 2 N–H and O–H groups in total. The summed E-state index contributed by atoms with van der Waals surface area (Å²) in [5, 5.41) is 18.2. The highest BCUT2D eigenvalue weighted by atomic mass is 16.4. The van der Waals surface area contributed by atoms with Gasteiger partial charge in [0.1, 0.15) is 0 Å². The van der Waals surface area contributed by atoms with E-state index in [0.29, 0.717) is 17.8 Å². The Labute approximate surface area is 102 Å². The number of aromatic nitrogens is 3. The molecule has 0 atom stereocenters. The van der Waals surface area contributed by atoms with Crippen molar-refractivity contribution in [3.63, 3.8) is 0 Å². The van der Waals surface area contributed by atoms with E-state index in [1.165, 1.54) is 10.6 Å². The predicted octanol–water partition coefficient (Wildman–Crippen LogP) is 0.997. The number of nitrogens with zero attached hydrogens (tertiary/aromatic N) is 3. The van der Waals surface area contributed by atoms with Crippen LogP contribution >= 0.6 is 0 Å². The largest absolute Gasteiger partial charge is 0.476 e. The molecule has 7 nitrogen and oxygen atoms in total. The molecule has 0 aliphatic carbocycles. The summed E-state index contributed by atoms with van der Waals surface area (Å²) in [6, 6.07) is 0. The van der Waals surface area contributed by atoms with E-state index in [9.17, 15) is 9.59 Å². The van der Waals surface area contributed by atoms with Gasteiger partial charge in [0.2, 0.25) is 0 Å². The first kappa shape index (κ1) is 12.0. The first-order valence-corrected chi connectivity index (χ1v) is 5.30. The molecule has 0 amide bonds. The zero-order valence-electron chi connectivity index (χ0n) is 9.84. The van der Waals surface area contributed by atoms with Crippen LogP contribution in [-0.4, -0.2) is 36.5 Å². The first-order chi connectivity index (χ1) is 8.47. The van der Waals surface area contributed by atoms with E-state index in [0.717, 1.165) is 0 Å². The van der Waals surface area contributed by atoms with Gasteiger partial charge in [0.15, 0.2) is 17.0 Å². The van der Waals surface area contributed by atoms with Crippen molar-refractivity contribution < 1.29 is 19.8 Å². The fraction of sp³-hybridized carbons (Fsp3) is 0.273. The van der Waals surface area contributed by atoms with E-state index in [1.807, 2.05) is 6.92 Å². The van der Waals surface area contributed by atoms with Crippen LogP contribution in [0.3, 0.4) is 0 Å². The number of rotatable bonds is 3. The smallest absolute Gasteiger partial charge is 0.357 e. The molecule has 0 spiro atoms. The van der Waals surface area contributed by atoms with E-state index in [4.69, 9.17) is 10.2 Å².